The first kappa shape index (κ1) is 21.6. The molecule has 2 N–H and O–H groups in total. The zero-order valence-corrected chi connectivity index (χ0v) is 19.1. The van der Waals surface area contributed by atoms with Crippen LogP contribution in [0.5, 0.6) is 0 Å². The van der Waals surface area contributed by atoms with Gasteiger partial charge >= 0.3 is 0 Å². The van der Waals surface area contributed by atoms with E-state index in [1.54, 1.807) is 6.92 Å². The van der Waals surface area contributed by atoms with Gasteiger partial charge in [0, 0.05) is 57.1 Å². The molecule has 7 heteroatoms. The molecule has 3 heterocycles. The van der Waals surface area contributed by atoms with Crippen LogP contribution in [0, 0.1) is 23.7 Å². The van der Waals surface area contributed by atoms with E-state index in [1.807, 2.05) is 4.90 Å². The molecule has 0 aromatic rings. The lowest BCUT2D eigenvalue weighted by atomic mass is 9.77. The summed E-state index contributed by atoms with van der Waals surface area (Å²) in [6, 6.07) is 0.670. The van der Waals surface area contributed by atoms with Gasteiger partial charge < -0.3 is 15.5 Å². The number of hydrogen-bond acceptors (Lipinski definition) is 4. The lowest BCUT2D eigenvalue weighted by Crippen LogP contribution is -2.51. The van der Waals surface area contributed by atoms with E-state index in [0.717, 1.165) is 51.9 Å². The quantitative estimate of drug-likeness (QED) is 0.713. The van der Waals surface area contributed by atoms with Gasteiger partial charge in [-0.2, -0.15) is 0 Å². The van der Waals surface area contributed by atoms with E-state index in [-0.39, 0.29) is 35.9 Å². The van der Waals surface area contributed by atoms with E-state index in [0.29, 0.717) is 36.6 Å². The molecule has 174 valence electrons. The minimum atomic E-state index is -0.765. The summed E-state index contributed by atoms with van der Waals surface area (Å²) in [6.45, 7) is 7.85. The first-order chi connectivity index (χ1) is 14.9. The molecule has 9 atom stereocenters. The van der Waals surface area contributed by atoms with Gasteiger partial charge in [-0.1, -0.05) is 6.92 Å². The van der Waals surface area contributed by atoms with E-state index in [4.69, 9.17) is 0 Å². The molecule has 0 aromatic heterocycles. The monoisotopic (exact) mass is 434 g/mol. The molecule has 0 bridgehead atoms. The van der Waals surface area contributed by atoms with Gasteiger partial charge in [0.2, 0.25) is 11.8 Å². The lowest BCUT2D eigenvalue weighted by molar-refractivity contribution is -0.128. The van der Waals surface area contributed by atoms with Crippen molar-refractivity contribution in [1.29, 1.82) is 0 Å². The van der Waals surface area contributed by atoms with Gasteiger partial charge in [0.25, 0.3) is 0 Å². The fourth-order valence-corrected chi connectivity index (χ4v) is 7.31. The number of nitrogens with one attached hydrogen (secondary N) is 2. The number of fused-ring (bicyclic) bond motifs is 2. The summed E-state index contributed by atoms with van der Waals surface area (Å²) in [7, 11) is 0. The Hall–Kier alpha value is -1.21. The van der Waals surface area contributed by atoms with Crippen LogP contribution in [0.25, 0.3) is 0 Å². The Labute approximate surface area is 185 Å². The average Bonchev–Trinajstić information content (AvgIpc) is 3.44. The number of alkyl halides is 1. The summed E-state index contributed by atoms with van der Waals surface area (Å²) < 4.78 is 14.4. The molecule has 2 amide bonds. The number of amides is 2. The normalized spacial score (nSPS) is 45.4. The molecule has 5 rings (SSSR count). The lowest BCUT2D eigenvalue weighted by Gasteiger charge is -2.36. The van der Waals surface area contributed by atoms with Crippen molar-refractivity contribution in [3.8, 4) is 0 Å². The van der Waals surface area contributed by atoms with Gasteiger partial charge in [0.1, 0.15) is 6.17 Å². The highest BCUT2D eigenvalue weighted by molar-refractivity contribution is 5.82. The molecule has 0 spiro atoms. The van der Waals surface area contributed by atoms with E-state index in [1.165, 1.54) is 6.42 Å². The van der Waals surface area contributed by atoms with Crippen LogP contribution < -0.4 is 10.6 Å². The van der Waals surface area contributed by atoms with Crippen LogP contribution in [0.2, 0.25) is 0 Å². The Balaban J connectivity index is 1.12. The van der Waals surface area contributed by atoms with E-state index >= 15 is 0 Å². The molecule has 5 aliphatic rings. The van der Waals surface area contributed by atoms with Crippen molar-refractivity contribution in [2.45, 2.75) is 89.1 Å². The van der Waals surface area contributed by atoms with Gasteiger partial charge in [0.15, 0.2) is 0 Å². The van der Waals surface area contributed by atoms with Crippen LogP contribution in [-0.2, 0) is 9.59 Å². The van der Waals surface area contributed by atoms with E-state index in [9.17, 15) is 14.0 Å². The second-order valence-corrected chi connectivity index (χ2v) is 11.1. The highest BCUT2D eigenvalue weighted by Crippen LogP contribution is 2.39. The zero-order valence-electron chi connectivity index (χ0n) is 19.1. The molecule has 5 fully saturated rings. The first-order valence-corrected chi connectivity index (χ1v) is 12.6. The topological polar surface area (TPSA) is 64.7 Å². The minimum absolute atomic E-state index is 0.00261. The molecule has 6 nitrogen and oxygen atoms in total. The number of carbonyl (C=O) groups excluding carboxylic acids is 2. The van der Waals surface area contributed by atoms with Crippen LogP contribution in [0.4, 0.5) is 4.39 Å². The molecule has 2 aliphatic carbocycles. The predicted molar refractivity (Wildman–Crippen MR) is 117 cm³/mol. The predicted octanol–water partition coefficient (Wildman–Crippen LogP) is 1.94. The largest absolute Gasteiger partial charge is 0.352 e. The Morgan fingerprint density at radius 2 is 1.74 bits per heavy atom. The number of nitrogens with zero attached hydrogens (tertiary/aromatic N) is 2. The number of hydrogen-bond donors (Lipinski definition) is 2. The third-order valence-corrected chi connectivity index (χ3v) is 9.12. The standard InChI is InChI=1S/C24H39FN4O2/c1-14-6-7-21(25)20-9-22(27-23(14)20)24(31)26-18-4-3-5-19(8-18)29-12-16-10-28(15(2)30)11-17(16)13-29/h14,16-23,27H,3-13H2,1-2H3,(H,26,31)/t14?,16-,17+,18-,19+,20?,21?,22?,23?/m1/s1. The fourth-order valence-electron chi connectivity index (χ4n) is 7.31. The third-order valence-electron chi connectivity index (χ3n) is 9.12. The molecular formula is C24H39FN4O2. The summed E-state index contributed by atoms with van der Waals surface area (Å²) in [5.41, 5.74) is 0. The van der Waals surface area contributed by atoms with Crippen LogP contribution in [0.15, 0.2) is 0 Å². The van der Waals surface area contributed by atoms with Crippen molar-refractivity contribution in [2.24, 2.45) is 23.7 Å². The SMILES string of the molecule is CC(=O)N1C[C@@H]2CN([C@H]3CCC[C@@H](NC(=O)C4CC5C(F)CCC(C)C5N4)C3)C[C@@H]2C1. The van der Waals surface area contributed by atoms with Gasteiger partial charge in [0.05, 0.1) is 6.04 Å². The van der Waals surface area contributed by atoms with E-state index < -0.39 is 6.17 Å². The van der Waals surface area contributed by atoms with Gasteiger partial charge in [-0.25, -0.2) is 4.39 Å². The maximum Gasteiger partial charge on any atom is 0.237 e. The summed E-state index contributed by atoms with van der Waals surface area (Å²) in [5.74, 6) is 1.95. The van der Waals surface area contributed by atoms with Crippen LogP contribution >= 0.6 is 0 Å². The van der Waals surface area contributed by atoms with Crippen LogP contribution in [0.1, 0.15) is 58.8 Å². The van der Waals surface area contributed by atoms with Crippen LogP contribution in [0.3, 0.4) is 0 Å². The van der Waals surface area contributed by atoms with Crippen molar-refractivity contribution < 1.29 is 14.0 Å². The Morgan fingerprint density at radius 3 is 2.42 bits per heavy atom. The molecular weight excluding hydrogens is 395 g/mol. The fraction of sp³-hybridized carbons (Fsp3) is 0.917. The summed E-state index contributed by atoms with van der Waals surface area (Å²) in [6.07, 6.45) is 5.84. The summed E-state index contributed by atoms with van der Waals surface area (Å²) >= 11 is 0. The Bertz CT molecular complexity index is 673. The molecule has 2 saturated carbocycles. The number of rotatable bonds is 3. The molecule has 0 radical (unpaired) electrons. The molecule has 31 heavy (non-hydrogen) atoms. The second-order valence-electron chi connectivity index (χ2n) is 11.1. The highest BCUT2D eigenvalue weighted by atomic mass is 19.1. The molecule has 5 unspecified atom stereocenters. The number of carbonyl (C=O) groups is 2. The van der Waals surface area contributed by atoms with Gasteiger partial charge in [-0.15, -0.1) is 0 Å². The maximum absolute atomic E-state index is 14.4. The van der Waals surface area contributed by atoms with Crippen molar-refractivity contribution in [1.82, 2.24) is 20.4 Å². The van der Waals surface area contributed by atoms with Gasteiger partial charge in [-0.3, -0.25) is 14.5 Å². The first-order valence-electron chi connectivity index (χ1n) is 12.6. The van der Waals surface area contributed by atoms with E-state index in [2.05, 4.69) is 22.5 Å². The number of likely N-dealkylation sites (tertiary alicyclic amines) is 2. The molecule has 3 aliphatic heterocycles. The minimum Gasteiger partial charge on any atom is -0.352 e. The van der Waals surface area contributed by atoms with Crippen LogP contribution in [-0.4, -0.2) is 78.1 Å². The smallest absolute Gasteiger partial charge is 0.237 e. The van der Waals surface area contributed by atoms with Crippen molar-refractivity contribution >= 4 is 11.8 Å². The van der Waals surface area contributed by atoms with Gasteiger partial charge in [-0.05, 0) is 62.7 Å². The van der Waals surface area contributed by atoms with Crippen molar-refractivity contribution in [3.05, 3.63) is 0 Å². The summed E-state index contributed by atoms with van der Waals surface area (Å²) in [5, 5.41) is 6.80. The third kappa shape index (κ3) is 4.24. The van der Waals surface area contributed by atoms with Crippen molar-refractivity contribution in [2.75, 3.05) is 26.2 Å². The Kier molecular flexibility index (Phi) is 6.01. The van der Waals surface area contributed by atoms with Crippen molar-refractivity contribution in [3.63, 3.8) is 0 Å². The zero-order chi connectivity index (χ0) is 21.7. The Morgan fingerprint density at radius 1 is 1.00 bits per heavy atom. The maximum atomic E-state index is 14.4. The number of halogens is 1. The summed E-state index contributed by atoms with van der Waals surface area (Å²) in [4.78, 5) is 29.3. The highest BCUT2D eigenvalue weighted by Gasteiger charge is 2.47. The second kappa shape index (κ2) is 8.62. The molecule has 0 aromatic carbocycles. The average molecular weight is 435 g/mol. The molecule has 3 saturated heterocycles.